The zero-order valence-corrected chi connectivity index (χ0v) is 23.7. The predicted molar refractivity (Wildman–Crippen MR) is 140 cm³/mol. The second kappa shape index (κ2) is 8.01. The predicted octanol–water partition coefficient (Wildman–Crippen LogP) is 6.27. The lowest BCUT2D eigenvalue weighted by Crippen LogP contribution is -2.66. The zero-order valence-electron chi connectivity index (χ0n) is 23.7. The summed E-state index contributed by atoms with van der Waals surface area (Å²) >= 11 is 0. The summed E-state index contributed by atoms with van der Waals surface area (Å²) < 4.78 is 11.9. The normalized spacial score (nSPS) is 50.1. The van der Waals surface area contributed by atoms with E-state index in [2.05, 4.69) is 33.8 Å². The number of hydrogen-bond donors (Lipinski definition) is 0. The molecule has 1 heterocycles. The standard InChI is InChI=1S/C32H45NO4/c1-28(2)11-12-32(25-17-36-18-37-25)10-7-20-26(21(32)15-28)22(34)13-24-30(20,5)9-8-23-29(3,4)27(35)19(16-33)14-31(23,24)6/h14,20-21,23-26H,7-13,15,17-18H2,1-6H3. The summed E-state index contributed by atoms with van der Waals surface area (Å²) in [7, 11) is 0. The quantitative estimate of drug-likeness (QED) is 0.418. The van der Waals surface area contributed by atoms with Crippen molar-refractivity contribution in [3.05, 3.63) is 11.6 Å². The number of nitrogens with zero attached hydrogens (tertiary/aromatic N) is 1. The Hall–Kier alpha value is -1.51. The Kier molecular flexibility index (Phi) is 5.58. The molecule has 9 unspecified atom stereocenters. The van der Waals surface area contributed by atoms with Crippen molar-refractivity contribution in [1.82, 2.24) is 0 Å². The second-order valence-electron chi connectivity index (χ2n) is 15.4. The van der Waals surface area contributed by atoms with Gasteiger partial charge in [-0.15, -0.1) is 0 Å². The van der Waals surface area contributed by atoms with Crippen molar-refractivity contribution in [1.29, 1.82) is 5.26 Å². The van der Waals surface area contributed by atoms with Crippen molar-refractivity contribution in [3.8, 4) is 6.07 Å². The summed E-state index contributed by atoms with van der Waals surface area (Å²) in [6.45, 7) is 14.6. The lowest BCUT2D eigenvalue weighted by molar-refractivity contribution is -0.202. The number of ether oxygens (including phenoxy) is 2. The molecule has 5 fully saturated rings. The first-order valence-electron chi connectivity index (χ1n) is 14.7. The smallest absolute Gasteiger partial charge is 0.178 e. The third-order valence-electron chi connectivity index (χ3n) is 13.0. The molecule has 0 N–H and O–H groups in total. The molecular formula is C32H45NO4. The van der Waals surface area contributed by atoms with E-state index in [0.29, 0.717) is 43.0 Å². The molecule has 9 atom stereocenters. The lowest BCUT2D eigenvalue weighted by Gasteiger charge is -2.68. The van der Waals surface area contributed by atoms with E-state index in [9.17, 15) is 14.9 Å². The van der Waals surface area contributed by atoms with Crippen molar-refractivity contribution in [3.63, 3.8) is 0 Å². The van der Waals surface area contributed by atoms with Crippen molar-refractivity contribution in [2.75, 3.05) is 13.4 Å². The van der Waals surface area contributed by atoms with Crippen LogP contribution in [0, 0.1) is 68.0 Å². The van der Waals surface area contributed by atoms with Gasteiger partial charge < -0.3 is 9.47 Å². The Balaban J connectivity index is 1.42. The molecule has 202 valence electrons. The van der Waals surface area contributed by atoms with Crippen molar-refractivity contribution < 1.29 is 19.1 Å². The van der Waals surface area contributed by atoms with E-state index in [-0.39, 0.29) is 51.3 Å². The van der Waals surface area contributed by atoms with Crippen molar-refractivity contribution in [2.45, 2.75) is 99.0 Å². The fourth-order valence-corrected chi connectivity index (χ4v) is 11.2. The molecule has 0 radical (unpaired) electrons. The molecule has 0 amide bonds. The number of carbonyl (C=O) groups is 2. The van der Waals surface area contributed by atoms with Gasteiger partial charge in [0, 0.05) is 23.2 Å². The first-order chi connectivity index (χ1) is 17.3. The highest BCUT2D eigenvalue weighted by atomic mass is 16.7. The maximum Gasteiger partial charge on any atom is 0.178 e. The maximum atomic E-state index is 14.4. The largest absolute Gasteiger partial charge is 0.353 e. The molecule has 5 heteroatoms. The second-order valence-corrected chi connectivity index (χ2v) is 15.4. The molecule has 37 heavy (non-hydrogen) atoms. The van der Waals surface area contributed by atoms with E-state index in [1.165, 1.54) is 6.42 Å². The molecule has 6 aliphatic rings. The van der Waals surface area contributed by atoms with E-state index >= 15 is 0 Å². The van der Waals surface area contributed by atoms with Crippen LogP contribution in [-0.2, 0) is 19.1 Å². The minimum absolute atomic E-state index is 0.0215. The summed E-state index contributed by atoms with van der Waals surface area (Å²) in [5.74, 6) is 1.51. The summed E-state index contributed by atoms with van der Waals surface area (Å²) in [5, 5.41) is 9.88. The average Bonchev–Trinajstić information content (AvgIpc) is 3.38. The summed E-state index contributed by atoms with van der Waals surface area (Å²) in [4.78, 5) is 27.6. The van der Waals surface area contributed by atoms with Crippen LogP contribution >= 0.6 is 0 Å². The molecule has 4 saturated carbocycles. The number of rotatable bonds is 1. The molecule has 5 nitrogen and oxygen atoms in total. The van der Waals surface area contributed by atoms with Gasteiger partial charge in [0.25, 0.3) is 0 Å². The molecule has 0 aromatic heterocycles. The minimum Gasteiger partial charge on any atom is -0.353 e. The maximum absolute atomic E-state index is 14.4. The van der Waals surface area contributed by atoms with E-state index in [1.807, 2.05) is 19.9 Å². The molecule has 1 aliphatic heterocycles. The monoisotopic (exact) mass is 507 g/mol. The van der Waals surface area contributed by atoms with Crippen LogP contribution in [0.3, 0.4) is 0 Å². The first-order valence-corrected chi connectivity index (χ1v) is 14.7. The lowest BCUT2D eigenvalue weighted by atomic mass is 9.35. The Morgan fingerprint density at radius 2 is 1.70 bits per heavy atom. The van der Waals surface area contributed by atoms with Gasteiger partial charge in [-0.05, 0) is 84.9 Å². The number of carbonyl (C=O) groups excluding carboxylic acids is 2. The highest BCUT2D eigenvalue weighted by molar-refractivity contribution is 6.04. The third kappa shape index (κ3) is 3.33. The molecule has 5 aliphatic carbocycles. The van der Waals surface area contributed by atoms with Gasteiger partial charge in [0.1, 0.15) is 18.6 Å². The number of nitriles is 1. The van der Waals surface area contributed by atoms with Gasteiger partial charge >= 0.3 is 0 Å². The number of Topliss-reactive ketones (excluding diaryl/α,β-unsaturated/α-hetero) is 2. The van der Waals surface area contributed by atoms with Crippen molar-refractivity contribution >= 4 is 11.6 Å². The van der Waals surface area contributed by atoms with E-state index in [1.54, 1.807) is 0 Å². The first kappa shape index (κ1) is 25.8. The summed E-state index contributed by atoms with van der Waals surface area (Å²) in [6.07, 6.45) is 10.3. The van der Waals surface area contributed by atoms with E-state index < -0.39 is 5.41 Å². The van der Waals surface area contributed by atoms with Gasteiger partial charge in [-0.1, -0.05) is 47.6 Å². The number of allylic oxidation sites excluding steroid dienone is 2. The van der Waals surface area contributed by atoms with E-state index in [4.69, 9.17) is 9.47 Å². The van der Waals surface area contributed by atoms with Crippen LogP contribution in [-0.4, -0.2) is 31.1 Å². The number of ketones is 2. The van der Waals surface area contributed by atoms with Gasteiger partial charge in [0.15, 0.2) is 5.78 Å². The number of fused-ring (bicyclic) bond motifs is 7. The van der Waals surface area contributed by atoms with Gasteiger partial charge in [-0.25, -0.2) is 0 Å². The van der Waals surface area contributed by atoms with Crippen LogP contribution in [0.15, 0.2) is 11.6 Å². The summed E-state index contributed by atoms with van der Waals surface area (Å²) in [6, 6.07) is 2.23. The molecule has 6 rings (SSSR count). The average molecular weight is 508 g/mol. The van der Waals surface area contributed by atoms with Gasteiger partial charge in [0.05, 0.1) is 18.3 Å². The molecule has 0 bridgehead atoms. The molecular weight excluding hydrogens is 462 g/mol. The Labute approximate surface area is 222 Å². The van der Waals surface area contributed by atoms with E-state index in [0.717, 1.165) is 38.5 Å². The van der Waals surface area contributed by atoms with Crippen LogP contribution in [0.5, 0.6) is 0 Å². The molecule has 0 aromatic rings. The summed E-state index contributed by atoms with van der Waals surface area (Å²) in [5.41, 5.74) is -0.296. The topological polar surface area (TPSA) is 76.4 Å². The molecule has 1 saturated heterocycles. The van der Waals surface area contributed by atoms with Crippen LogP contribution < -0.4 is 0 Å². The van der Waals surface area contributed by atoms with Crippen molar-refractivity contribution in [2.24, 2.45) is 56.7 Å². The van der Waals surface area contributed by atoms with Crippen LogP contribution in [0.4, 0.5) is 0 Å². The van der Waals surface area contributed by atoms with Gasteiger partial charge in [-0.2, -0.15) is 5.26 Å². The SMILES string of the molecule is CC1(C)CCC2(C3COCO3)CCC3C(C(=O)CC4C5(C)C=C(C#N)C(=O)C(C)(C)C5CCC34C)C2C1. The van der Waals surface area contributed by atoms with Crippen LogP contribution in [0.2, 0.25) is 0 Å². The van der Waals surface area contributed by atoms with Crippen LogP contribution in [0.1, 0.15) is 92.9 Å². The fraction of sp³-hybridized carbons (Fsp3) is 0.844. The fourth-order valence-electron chi connectivity index (χ4n) is 11.2. The Bertz CT molecular complexity index is 1090. The van der Waals surface area contributed by atoms with Gasteiger partial charge in [0.2, 0.25) is 0 Å². The Morgan fingerprint density at radius 1 is 0.946 bits per heavy atom. The highest BCUT2D eigenvalue weighted by Gasteiger charge is 2.69. The third-order valence-corrected chi connectivity index (χ3v) is 13.0. The molecule has 0 spiro atoms. The molecule has 0 aromatic carbocycles. The van der Waals surface area contributed by atoms with Gasteiger partial charge in [-0.3, -0.25) is 9.59 Å². The minimum atomic E-state index is -0.579. The Morgan fingerprint density at radius 3 is 2.38 bits per heavy atom. The van der Waals surface area contributed by atoms with Crippen LogP contribution in [0.25, 0.3) is 0 Å². The highest BCUT2D eigenvalue weighted by Crippen LogP contribution is 2.72. The number of hydrogen-bond acceptors (Lipinski definition) is 5. The zero-order chi connectivity index (χ0) is 26.6.